The minimum absolute atomic E-state index is 0.424. The molecule has 5 unspecified atom stereocenters. The van der Waals surface area contributed by atoms with Crippen LogP contribution in [0.1, 0.15) is 179 Å². The molecule has 2 heterocycles. The van der Waals surface area contributed by atoms with Crippen molar-refractivity contribution < 1.29 is 0 Å². The van der Waals surface area contributed by atoms with Crippen molar-refractivity contribution in [2.24, 2.45) is 0 Å². The summed E-state index contributed by atoms with van der Waals surface area (Å²) in [5.41, 5.74) is 12.8. The van der Waals surface area contributed by atoms with Crippen molar-refractivity contribution >= 4 is 34.8 Å². The molecule has 2 aliphatic rings. The lowest BCUT2D eigenvalue weighted by Crippen LogP contribution is -2.08. The van der Waals surface area contributed by atoms with Gasteiger partial charge in [-0.3, -0.25) is 0 Å². The summed E-state index contributed by atoms with van der Waals surface area (Å²) in [6.45, 7) is 0. The second-order valence-electron chi connectivity index (χ2n) is 26.7. The molecule has 14 rings (SSSR count). The lowest BCUT2D eigenvalue weighted by Gasteiger charge is -2.26. The van der Waals surface area contributed by atoms with E-state index in [4.69, 9.17) is 49.8 Å². The van der Waals surface area contributed by atoms with E-state index in [0.717, 1.165) is 63.1 Å². The van der Waals surface area contributed by atoms with E-state index in [1.807, 2.05) is 127 Å². The van der Waals surface area contributed by atoms with Crippen molar-refractivity contribution in [3.8, 4) is 68.3 Å². The van der Waals surface area contributed by atoms with Crippen LogP contribution in [-0.2, 0) is 0 Å². The maximum absolute atomic E-state index is 6.93. The zero-order valence-electron chi connectivity index (χ0n) is 56.7. The van der Waals surface area contributed by atoms with Crippen LogP contribution in [0.3, 0.4) is 0 Å². The molecule has 0 N–H and O–H groups in total. The largest absolute Gasteiger partial charge is 0.208 e. The van der Waals surface area contributed by atoms with Gasteiger partial charge in [0.25, 0.3) is 0 Å². The first-order valence-corrected chi connectivity index (χ1v) is 37.2. The fraction of sp³-hybridized carbons (Fsp3) is 0.267. The van der Waals surface area contributed by atoms with Gasteiger partial charge < -0.3 is 0 Å². The molecule has 0 spiro atoms. The minimum Gasteiger partial charge on any atom is -0.208 e. The van der Waals surface area contributed by atoms with Gasteiger partial charge in [-0.1, -0.05) is 335 Å². The summed E-state index contributed by atoms with van der Waals surface area (Å²) in [6, 6.07) is 96.6. The van der Waals surface area contributed by atoms with E-state index in [2.05, 4.69) is 148 Å². The van der Waals surface area contributed by atoms with Gasteiger partial charge in [0.2, 0.25) is 0 Å². The van der Waals surface area contributed by atoms with Crippen LogP contribution in [0, 0.1) is 0 Å². The first-order chi connectivity index (χ1) is 48.8. The van der Waals surface area contributed by atoms with E-state index in [-0.39, 0.29) is 0 Å². The lowest BCUT2D eigenvalue weighted by molar-refractivity contribution is 0.418. The van der Waals surface area contributed by atoms with E-state index in [9.17, 15) is 0 Å². The highest BCUT2D eigenvalue weighted by Crippen LogP contribution is 2.41. The summed E-state index contributed by atoms with van der Waals surface area (Å²) in [4.78, 5) is 28.9. The molecule has 10 aromatic carbocycles. The molecule has 2 saturated carbocycles. The Labute approximate surface area is 602 Å². The molecular weight excluding hydrogens is 1270 g/mol. The molecule has 2 aromatic heterocycles. The number of nitrogens with zero attached hydrogens (tertiary/aromatic N) is 6. The van der Waals surface area contributed by atoms with Gasteiger partial charge in [0.1, 0.15) is 0 Å². The van der Waals surface area contributed by atoms with Crippen molar-refractivity contribution in [3.63, 3.8) is 0 Å². The van der Waals surface area contributed by atoms with E-state index in [1.165, 1.54) is 126 Å². The van der Waals surface area contributed by atoms with Crippen LogP contribution in [-0.4, -0.2) is 29.9 Å². The average Bonchev–Trinajstić information content (AvgIpc) is 0.809. The molecule has 0 bridgehead atoms. The molecule has 0 radical (unpaired) electrons. The summed E-state index contributed by atoms with van der Waals surface area (Å²) >= 11 is 19.2. The Hall–Kier alpha value is -8.91. The van der Waals surface area contributed by atoms with Gasteiger partial charge in [-0.2, -0.15) is 0 Å². The molecule has 9 heteroatoms. The molecule has 2 fully saturated rings. The topological polar surface area (TPSA) is 77.3 Å². The fourth-order valence-electron chi connectivity index (χ4n) is 14.5. The Morgan fingerprint density at radius 1 is 0.182 bits per heavy atom. The predicted molar refractivity (Wildman–Crippen MR) is 414 cm³/mol. The maximum Gasteiger partial charge on any atom is 0.164 e. The Balaban J connectivity index is 0.000000156. The Morgan fingerprint density at radius 3 is 0.687 bits per heavy atom. The van der Waals surface area contributed by atoms with Gasteiger partial charge in [-0.05, 0) is 158 Å². The molecule has 2 aliphatic carbocycles. The summed E-state index contributed by atoms with van der Waals surface area (Å²) in [5, 5.41) is 1.80. The van der Waals surface area contributed by atoms with Gasteiger partial charge in [-0.15, -0.1) is 0 Å². The van der Waals surface area contributed by atoms with Crippen molar-refractivity contribution in [2.45, 2.75) is 152 Å². The summed E-state index contributed by atoms with van der Waals surface area (Å²) in [7, 11) is 0. The van der Waals surface area contributed by atoms with Gasteiger partial charge >= 0.3 is 0 Å². The van der Waals surface area contributed by atoms with Crippen LogP contribution < -0.4 is 0 Å². The summed E-state index contributed by atoms with van der Waals surface area (Å²) in [6.07, 6.45) is 24.7. The van der Waals surface area contributed by atoms with Crippen molar-refractivity contribution in [3.05, 3.63) is 322 Å². The van der Waals surface area contributed by atoms with Gasteiger partial charge in [-0.25, -0.2) is 29.9 Å². The molecule has 6 nitrogen and oxygen atoms in total. The fourth-order valence-corrected chi connectivity index (χ4v) is 15.3. The predicted octanol–water partition coefficient (Wildman–Crippen LogP) is 26.3. The van der Waals surface area contributed by atoms with Crippen molar-refractivity contribution in [1.29, 1.82) is 0 Å². The molecule has 99 heavy (non-hydrogen) atoms. The highest BCUT2D eigenvalue weighted by Gasteiger charge is 2.24. The quantitative estimate of drug-likeness (QED) is 0.128. The molecule has 0 amide bonds. The van der Waals surface area contributed by atoms with E-state index >= 15 is 0 Å². The molecule has 12 aromatic rings. The lowest BCUT2D eigenvalue weighted by atomic mass is 9.79. The monoisotopic (exact) mass is 1360 g/mol. The third-order valence-corrected chi connectivity index (χ3v) is 20.5. The summed E-state index contributed by atoms with van der Waals surface area (Å²) in [5.74, 6) is 6.80. The van der Waals surface area contributed by atoms with E-state index in [0.29, 0.717) is 62.7 Å². The number of hydrogen-bond acceptors (Lipinski definition) is 6. The standard InChI is InChI=1S/C45H44ClN3.C24H32.C21H13Cl2N3/c46-42-31-40(30-41(32-42)45-48-43(38-22-9-3-10-23-38)47-44(49-45)39-24-11-4-12-25-39)35-20-13-14-21-36(33-16-5-1-6-17-33)28-29-37(27-15-26-35)34-18-7-2-8-19-34;1-2-4-8-18-24(22-15-11-6-12-16-22)20-19-23(17-7-3-1)21-13-9-5-10-14-21;22-17-11-16(12-18(23)13-17)21-25-19(14-7-3-1-4-8-14)24-20(26-21)15-9-5-2-6-10-15/h1-12,16-19,22-25,30-32,35-37H,13-15,20-21,26-29H2;5-6,9-16,23-24H,1-4,7-8,17-20H2;1-13H. The molecule has 5 atom stereocenters. The molecule has 0 saturated heterocycles. The number of benzene rings is 10. The van der Waals surface area contributed by atoms with Crippen molar-refractivity contribution in [2.75, 3.05) is 0 Å². The van der Waals surface area contributed by atoms with E-state index < -0.39 is 0 Å². The third-order valence-electron chi connectivity index (χ3n) is 19.8. The van der Waals surface area contributed by atoms with Gasteiger partial charge in [0, 0.05) is 48.4 Å². The second kappa shape index (κ2) is 36.8. The maximum atomic E-state index is 6.93. The van der Waals surface area contributed by atoms with Gasteiger partial charge in [0.15, 0.2) is 34.9 Å². The first kappa shape index (κ1) is 70.0. The van der Waals surface area contributed by atoms with Crippen LogP contribution in [0.5, 0.6) is 0 Å². The minimum atomic E-state index is 0.424. The van der Waals surface area contributed by atoms with Crippen molar-refractivity contribution in [1.82, 2.24) is 29.9 Å². The highest BCUT2D eigenvalue weighted by atomic mass is 35.5. The molecular formula is C90H89Cl3N6. The Bertz CT molecular complexity index is 4170. The number of aromatic nitrogens is 6. The van der Waals surface area contributed by atoms with Crippen LogP contribution in [0.4, 0.5) is 0 Å². The average molecular weight is 1360 g/mol. The molecule has 0 aliphatic heterocycles. The second-order valence-corrected chi connectivity index (χ2v) is 28.0. The van der Waals surface area contributed by atoms with Crippen LogP contribution in [0.15, 0.2) is 279 Å². The number of hydrogen-bond donors (Lipinski definition) is 0. The highest BCUT2D eigenvalue weighted by molar-refractivity contribution is 6.35. The SMILES string of the molecule is Clc1cc(-c2nc(-c3ccccc3)nc(-c3ccccc3)n2)cc(C2CCCCC(c3ccccc3)CCC(c3ccccc3)CCC2)c1.Clc1cc(Cl)cc(-c2nc(-c3ccccc3)nc(-c3ccccc3)n2)c1.c1ccc(C2CCCCCCCCC(c3ccccc3)CC2)cc1. The zero-order valence-corrected chi connectivity index (χ0v) is 59.0. The van der Waals surface area contributed by atoms with Crippen LogP contribution in [0.25, 0.3) is 68.3 Å². The third kappa shape index (κ3) is 20.6. The number of rotatable bonds is 11. The zero-order chi connectivity index (χ0) is 67.6. The summed E-state index contributed by atoms with van der Waals surface area (Å²) < 4.78 is 0. The normalized spacial score (nSPS) is 18.0. The number of halogens is 3. The van der Waals surface area contributed by atoms with Gasteiger partial charge in [0.05, 0.1) is 0 Å². The van der Waals surface area contributed by atoms with E-state index in [1.54, 1.807) is 29.3 Å². The smallest absolute Gasteiger partial charge is 0.164 e. The van der Waals surface area contributed by atoms with Crippen LogP contribution in [0.2, 0.25) is 15.1 Å². The Kier molecular flexibility index (Phi) is 26.0. The first-order valence-electron chi connectivity index (χ1n) is 36.0. The Morgan fingerprint density at radius 2 is 0.394 bits per heavy atom. The molecule has 500 valence electrons. The van der Waals surface area contributed by atoms with Crippen LogP contribution >= 0.6 is 34.8 Å².